The molecule has 5 nitrogen and oxygen atoms in total. The maximum absolute atomic E-state index is 14.0. The molecule has 0 unspecified atom stereocenters. The van der Waals surface area contributed by atoms with Gasteiger partial charge in [-0.1, -0.05) is 18.2 Å². The standard InChI is InChI=1S/C17H17FN4O/c1-23-12-7-6-11(14(18)8-12)10-20-17-13-4-2-3-5-15(13)21-16(9-19)22-17/h2-8H,9-10,19H2,1H3,(H,20,21,22). The molecular weight excluding hydrogens is 295 g/mol. The molecule has 0 spiro atoms. The van der Waals surface area contributed by atoms with Crippen molar-refractivity contribution in [1.29, 1.82) is 0 Å². The molecule has 0 radical (unpaired) electrons. The summed E-state index contributed by atoms with van der Waals surface area (Å²) in [4.78, 5) is 8.79. The van der Waals surface area contributed by atoms with Gasteiger partial charge in [-0.3, -0.25) is 0 Å². The highest BCUT2D eigenvalue weighted by molar-refractivity contribution is 5.88. The summed E-state index contributed by atoms with van der Waals surface area (Å²) in [7, 11) is 1.51. The third-order valence-corrected chi connectivity index (χ3v) is 3.54. The summed E-state index contributed by atoms with van der Waals surface area (Å²) in [5.74, 6) is 1.35. The first kappa shape index (κ1) is 15.2. The van der Waals surface area contributed by atoms with Crippen molar-refractivity contribution in [1.82, 2.24) is 9.97 Å². The highest BCUT2D eigenvalue weighted by atomic mass is 19.1. The maximum atomic E-state index is 14.0. The third kappa shape index (κ3) is 3.22. The number of para-hydroxylation sites is 1. The SMILES string of the molecule is COc1ccc(CNc2nc(CN)nc3ccccc23)c(F)c1. The van der Waals surface area contributed by atoms with Crippen LogP contribution in [0.5, 0.6) is 5.75 Å². The molecule has 23 heavy (non-hydrogen) atoms. The maximum Gasteiger partial charge on any atom is 0.144 e. The molecule has 0 aliphatic rings. The molecule has 118 valence electrons. The molecular formula is C17H17FN4O. The Kier molecular flexibility index (Phi) is 4.34. The van der Waals surface area contributed by atoms with E-state index in [9.17, 15) is 4.39 Å². The Morgan fingerprint density at radius 1 is 1.17 bits per heavy atom. The summed E-state index contributed by atoms with van der Waals surface area (Å²) < 4.78 is 19.0. The predicted molar refractivity (Wildman–Crippen MR) is 87.7 cm³/mol. The normalized spacial score (nSPS) is 10.7. The Balaban J connectivity index is 1.89. The molecule has 0 fully saturated rings. The number of anilines is 1. The number of halogens is 1. The number of aromatic nitrogens is 2. The summed E-state index contributed by atoms with van der Waals surface area (Å²) in [5.41, 5.74) is 6.98. The quantitative estimate of drug-likeness (QED) is 0.758. The molecule has 3 rings (SSSR count). The highest BCUT2D eigenvalue weighted by Gasteiger charge is 2.08. The van der Waals surface area contributed by atoms with Crippen LogP contribution in [0, 0.1) is 5.82 Å². The minimum Gasteiger partial charge on any atom is -0.497 e. The molecule has 0 bridgehead atoms. The van der Waals surface area contributed by atoms with Gasteiger partial charge in [-0.15, -0.1) is 0 Å². The van der Waals surface area contributed by atoms with Crippen LogP contribution in [0.4, 0.5) is 10.2 Å². The Morgan fingerprint density at radius 2 is 2.00 bits per heavy atom. The molecule has 0 aliphatic heterocycles. The zero-order chi connectivity index (χ0) is 16.2. The van der Waals surface area contributed by atoms with Gasteiger partial charge in [0.1, 0.15) is 23.2 Å². The molecule has 1 aromatic heterocycles. The van der Waals surface area contributed by atoms with Gasteiger partial charge in [-0.2, -0.15) is 0 Å². The first-order chi connectivity index (χ1) is 11.2. The number of nitrogens with zero attached hydrogens (tertiary/aromatic N) is 2. The number of nitrogens with one attached hydrogen (secondary N) is 1. The van der Waals surface area contributed by atoms with Crippen LogP contribution in [-0.2, 0) is 13.1 Å². The second-order valence-electron chi connectivity index (χ2n) is 5.02. The van der Waals surface area contributed by atoms with E-state index in [0.29, 0.717) is 29.5 Å². The topological polar surface area (TPSA) is 73.1 Å². The summed E-state index contributed by atoms with van der Waals surface area (Å²) in [6.45, 7) is 0.553. The van der Waals surface area contributed by atoms with Gasteiger partial charge in [0.25, 0.3) is 0 Å². The van der Waals surface area contributed by atoms with Gasteiger partial charge < -0.3 is 15.8 Å². The minimum atomic E-state index is -0.325. The average molecular weight is 312 g/mol. The summed E-state index contributed by atoms with van der Waals surface area (Å²) in [6, 6.07) is 12.4. The molecule has 3 aromatic rings. The number of methoxy groups -OCH3 is 1. The Bertz CT molecular complexity index is 838. The van der Waals surface area contributed by atoms with Crippen molar-refractivity contribution < 1.29 is 9.13 Å². The molecule has 3 N–H and O–H groups in total. The fraction of sp³-hybridized carbons (Fsp3) is 0.176. The summed E-state index contributed by atoms with van der Waals surface area (Å²) in [5, 5.41) is 4.04. The second-order valence-corrected chi connectivity index (χ2v) is 5.02. The van der Waals surface area contributed by atoms with Gasteiger partial charge in [0, 0.05) is 23.6 Å². The molecule has 0 aliphatic carbocycles. The molecule has 0 saturated heterocycles. The number of ether oxygens (including phenoxy) is 1. The van der Waals surface area contributed by atoms with E-state index in [1.807, 2.05) is 24.3 Å². The van der Waals surface area contributed by atoms with Gasteiger partial charge in [-0.25, -0.2) is 14.4 Å². The average Bonchev–Trinajstić information content (AvgIpc) is 2.60. The Hall–Kier alpha value is -2.73. The fourth-order valence-electron chi connectivity index (χ4n) is 2.33. The second kappa shape index (κ2) is 6.58. The molecule has 0 amide bonds. The van der Waals surface area contributed by atoms with Gasteiger partial charge >= 0.3 is 0 Å². The Morgan fingerprint density at radius 3 is 2.74 bits per heavy atom. The lowest BCUT2D eigenvalue weighted by atomic mass is 10.2. The zero-order valence-electron chi connectivity index (χ0n) is 12.7. The number of benzene rings is 2. The first-order valence-electron chi connectivity index (χ1n) is 7.23. The van der Waals surface area contributed by atoms with Gasteiger partial charge in [0.2, 0.25) is 0 Å². The number of nitrogens with two attached hydrogens (primary N) is 1. The number of hydrogen-bond acceptors (Lipinski definition) is 5. The van der Waals surface area contributed by atoms with Crippen molar-refractivity contribution >= 4 is 16.7 Å². The molecule has 2 aromatic carbocycles. The lowest BCUT2D eigenvalue weighted by molar-refractivity contribution is 0.411. The predicted octanol–water partition coefficient (Wildman–Crippen LogP) is 2.85. The van der Waals surface area contributed by atoms with Crippen molar-refractivity contribution in [3.8, 4) is 5.75 Å². The van der Waals surface area contributed by atoms with Crippen LogP contribution >= 0.6 is 0 Å². The van der Waals surface area contributed by atoms with E-state index in [2.05, 4.69) is 15.3 Å². The van der Waals surface area contributed by atoms with Crippen LogP contribution in [0.15, 0.2) is 42.5 Å². The van der Waals surface area contributed by atoms with Crippen LogP contribution < -0.4 is 15.8 Å². The lowest BCUT2D eigenvalue weighted by Crippen LogP contribution is -2.09. The highest BCUT2D eigenvalue weighted by Crippen LogP contribution is 2.22. The lowest BCUT2D eigenvalue weighted by Gasteiger charge is -2.11. The third-order valence-electron chi connectivity index (χ3n) is 3.54. The first-order valence-corrected chi connectivity index (χ1v) is 7.23. The smallest absolute Gasteiger partial charge is 0.144 e. The fourth-order valence-corrected chi connectivity index (χ4v) is 2.33. The number of hydrogen-bond donors (Lipinski definition) is 2. The van der Waals surface area contributed by atoms with Crippen molar-refractivity contribution in [2.24, 2.45) is 5.73 Å². The van der Waals surface area contributed by atoms with Crippen molar-refractivity contribution in [2.75, 3.05) is 12.4 Å². The van der Waals surface area contributed by atoms with E-state index >= 15 is 0 Å². The van der Waals surface area contributed by atoms with Crippen LogP contribution in [0.1, 0.15) is 11.4 Å². The minimum absolute atomic E-state index is 0.246. The van der Waals surface area contributed by atoms with E-state index in [-0.39, 0.29) is 12.4 Å². The van der Waals surface area contributed by atoms with E-state index in [1.54, 1.807) is 12.1 Å². The zero-order valence-corrected chi connectivity index (χ0v) is 12.7. The van der Waals surface area contributed by atoms with E-state index in [1.165, 1.54) is 13.2 Å². The van der Waals surface area contributed by atoms with Crippen LogP contribution in [-0.4, -0.2) is 17.1 Å². The molecule has 6 heteroatoms. The van der Waals surface area contributed by atoms with Crippen LogP contribution in [0.2, 0.25) is 0 Å². The van der Waals surface area contributed by atoms with Crippen molar-refractivity contribution in [2.45, 2.75) is 13.1 Å². The summed E-state index contributed by atoms with van der Waals surface area (Å²) in [6.07, 6.45) is 0. The summed E-state index contributed by atoms with van der Waals surface area (Å²) >= 11 is 0. The van der Waals surface area contributed by atoms with Crippen molar-refractivity contribution in [3.63, 3.8) is 0 Å². The van der Waals surface area contributed by atoms with Crippen LogP contribution in [0.25, 0.3) is 10.9 Å². The Labute approximate surface area is 133 Å². The van der Waals surface area contributed by atoms with Gasteiger partial charge in [0.15, 0.2) is 0 Å². The van der Waals surface area contributed by atoms with Gasteiger partial charge in [-0.05, 0) is 18.2 Å². The van der Waals surface area contributed by atoms with E-state index in [4.69, 9.17) is 10.5 Å². The molecule has 0 saturated carbocycles. The van der Waals surface area contributed by atoms with E-state index in [0.717, 1.165) is 10.9 Å². The molecule has 1 heterocycles. The van der Waals surface area contributed by atoms with Crippen molar-refractivity contribution in [3.05, 3.63) is 59.7 Å². The van der Waals surface area contributed by atoms with Crippen LogP contribution in [0.3, 0.4) is 0 Å². The number of rotatable bonds is 5. The number of fused-ring (bicyclic) bond motifs is 1. The molecule has 0 atom stereocenters. The van der Waals surface area contributed by atoms with E-state index < -0.39 is 0 Å². The van der Waals surface area contributed by atoms with Gasteiger partial charge in [0.05, 0.1) is 19.2 Å². The largest absolute Gasteiger partial charge is 0.497 e. The monoisotopic (exact) mass is 312 g/mol.